The highest BCUT2D eigenvalue weighted by molar-refractivity contribution is 5.92. The first-order valence-corrected chi connectivity index (χ1v) is 11.5. The Balaban J connectivity index is 1.75. The number of fused-ring (bicyclic) bond motifs is 1. The number of ether oxygens (including phenoxy) is 1. The normalized spacial score (nSPS) is 11.8. The Bertz CT molecular complexity index is 1830. The zero-order chi connectivity index (χ0) is 28.2. The minimum atomic E-state index is -4.76. The lowest BCUT2D eigenvalue weighted by molar-refractivity contribution is -0.138. The summed E-state index contributed by atoms with van der Waals surface area (Å²) in [7, 11) is 1.64. The van der Waals surface area contributed by atoms with Crippen LogP contribution in [0.15, 0.2) is 41.5 Å². The molecule has 13 heteroatoms. The first-order valence-electron chi connectivity index (χ1n) is 11.5. The van der Waals surface area contributed by atoms with Gasteiger partial charge in [-0.25, -0.2) is 23.4 Å². The number of pyridine rings is 3. The molecule has 4 heterocycles. The zero-order valence-corrected chi connectivity index (χ0v) is 20.9. The van der Waals surface area contributed by atoms with Crippen molar-refractivity contribution >= 4 is 10.9 Å². The van der Waals surface area contributed by atoms with E-state index < -0.39 is 28.8 Å². The van der Waals surface area contributed by atoms with Gasteiger partial charge in [-0.3, -0.25) is 9.78 Å². The third kappa shape index (κ3) is 4.49. The molecule has 0 saturated heterocycles. The van der Waals surface area contributed by atoms with Crippen molar-refractivity contribution in [3.63, 3.8) is 0 Å². The predicted octanol–water partition coefficient (Wildman–Crippen LogP) is 5.80. The molecule has 0 unspecified atom stereocenters. The standard InChI is InChI=1S/C26H19F5N6O2/c1-11-14(26(29,30)31)10-33-25(39-19-6-5-15(27)22(28)12(19)2)20(11)17-9-18(38)21-16(35-17)7-8-32-23(21)24-34-13(3)36-37(24)4/h5-10H,1-4H3,(H,35,38). The van der Waals surface area contributed by atoms with Crippen molar-refractivity contribution in [3.8, 4) is 34.4 Å². The van der Waals surface area contributed by atoms with E-state index in [-0.39, 0.29) is 50.6 Å². The van der Waals surface area contributed by atoms with E-state index in [1.807, 2.05) is 0 Å². The fourth-order valence-electron chi connectivity index (χ4n) is 4.33. The van der Waals surface area contributed by atoms with Crippen LogP contribution in [-0.2, 0) is 13.2 Å². The molecular formula is C26H19F5N6O2. The second-order valence-corrected chi connectivity index (χ2v) is 8.80. The van der Waals surface area contributed by atoms with Crippen LogP contribution in [0.1, 0.15) is 22.5 Å². The topological polar surface area (TPSA) is 98.6 Å². The van der Waals surface area contributed by atoms with Crippen LogP contribution in [0, 0.1) is 32.4 Å². The van der Waals surface area contributed by atoms with Gasteiger partial charge in [0.15, 0.2) is 22.9 Å². The summed E-state index contributed by atoms with van der Waals surface area (Å²) >= 11 is 0. The summed E-state index contributed by atoms with van der Waals surface area (Å²) in [6.45, 7) is 4.13. The Labute approximate surface area is 217 Å². The quantitative estimate of drug-likeness (QED) is 0.289. The number of hydrogen-bond donors (Lipinski definition) is 1. The minimum absolute atomic E-state index is 0.0369. The van der Waals surface area contributed by atoms with Crippen LogP contribution in [-0.4, -0.2) is 29.7 Å². The number of rotatable bonds is 4. The van der Waals surface area contributed by atoms with E-state index in [1.165, 1.54) is 30.8 Å². The van der Waals surface area contributed by atoms with Gasteiger partial charge in [-0.1, -0.05) is 0 Å². The number of benzene rings is 1. The summed E-state index contributed by atoms with van der Waals surface area (Å²) in [5, 5.41) is 4.32. The average molecular weight is 542 g/mol. The number of nitrogens with one attached hydrogen (secondary N) is 1. The Hall–Kier alpha value is -4.68. The minimum Gasteiger partial charge on any atom is -0.438 e. The lowest BCUT2D eigenvalue weighted by Gasteiger charge is -2.18. The van der Waals surface area contributed by atoms with Gasteiger partial charge in [0, 0.05) is 31.1 Å². The highest BCUT2D eigenvalue weighted by Crippen LogP contribution is 2.41. The van der Waals surface area contributed by atoms with Gasteiger partial charge in [-0.2, -0.15) is 18.3 Å². The molecule has 200 valence electrons. The summed E-state index contributed by atoms with van der Waals surface area (Å²) in [5.74, 6) is -2.00. The van der Waals surface area contributed by atoms with E-state index in [1.54, 1.807) is 14.0 Å². The summed E-state index contributed by atoms with van der Waals surface area (Å²) in [6, 6.07) is 4.56. The molecule has 4 aromatic heterocycles. The van der Waals surface area contributed by atoms with Crippen LogP contribution >= 0.6 is 0 Å². The van der Waals surface area contributed by atoms with Crippen molar-refractivity contribution in [2.75, 3.05) is 0 Å². The number of H-pyrrole nitrogens is 1. The van der Waals surface area contributed by atoms with Crippen LogP contribution in [0.2, 0.25) is 0 Å². The molecule has 0 atom stereocenters. The third-order valence-corrected chi connectivity index (χ3v) is 6.20. The fraction of sp³-hybridized carbons (Fsp3) is 0.192. The fourth-order valence-corrected chi connectivity index (χ4v) is 4.33. The van der Waals surface area contributed by atoms with Crippen LogP contribution in [0.3, 0.4) is 0 Å². The van der Waals surface area contributed by atoms with E-state index in [0.29, 0.717) is 17.8 Å². The Morgan fingerprint density at radius 2 is 1.77 bits per heavy atom. The lowest BCUT2D eigenvalue weighted by atomic mass is 10.0. The third-order valence-electron chi connectivity index (χ3n) is 6.20. The second-order valence-electron chi connectivity index (χ2n) is 8.80. The molecule has 0 saturated carbocycles. The molecule has 0 amide bonds. The summed E-state index contributed by atoms with van der Waals surface area (Å²) < 4.78 is 76.4. The Morgan fingerprint density at radius 3 is 2.44 bits per heavy atom. The summed E-state index contributed by atoms with van der Waals surface area (Å²) in [6.07, 6.45) is -2.76. The maximum absolute atomic E-state index is 14.2. The molecule has 0 aliphatic carbocycles. The first-order chi connectivity index (χ1) is 18.4. The highest BCUT2D eigenvalue weighted by atomic mass is 19.4. The second kappa shape index (κ2) is 9.26. The van der Waals surface area contributed by atoms with Gasteiger partial charge in [0.1, 0.15) is 17.3 Å². The summed E-state index contributed by atoms with van der Waals surface area (Å²) in [4.78, 5) is 28.8. The molecule has 8 nitrogen and oxygen atoms in total. The van der Waals surface area contributed by atoms with Gasteiger partial charge in [0.25, 0.3) is 0 Å². The number of aromatic nitrogens is 6. The molecule has 0 spiro atoms. The number of halogens is 5. The number of nitrogens with zero attached hydrogens (tertiary/aromatic N) is 5. The van der Waals surface area contributed by atoms with Crippen molar-refractivity contribution in [3.05, 3.63) is 81.0 Å². The van der Waals surface area contributed by atoms with Crippen molar-refractivity contribution in [2.24, 2.45) is 7.05 Å². The molecule has 0 aliphatic rings. The van der Waals surface area contributed by atoms with Crippen LogP contribution < -0.4 is 10.2 Å². The first kappa shape index (κ1) is 25.9. The molecular weight excluding hydrogens is 523 g/mol. The SMILES string of the molecule is Cc1nc(-c2nccc3[nH]c(-c4c(Oc5ccc(F)c(F)c5C)ncc(C(F)(F)F)c4C)cc(=O)c23)n(C)n1. The smallest absolute Gasteiger partial charge is 0.418 e. The van der Waals surface area contributed by atoms with Crippen molar-refractivity contribution in [2.45, 2.75) is 26.9 Å². The van der Waals surface area contributed by atoms with Gasteiger partial charge < -0.3 is 9.72 Å². The largest absolute Gasteiger partial charge is 0.438 e. The predicted molar refractivity (Wildman–Crippen MR) is 131 cm³/mol. The summed E-state index contributed by atoms with van der Waals surface area (Å²) in [5.41, 5.74) is -1.84. The van der Waals surface area contributed by atoms with Gasteiger partial charge in [-0.05, 0) is 44.5 Å². The van der Waals surface area contributed by atoms with Crippen LogP contribution in [0.25, 0.3) is 33.7 Å². The molecule has 0 bridgehead atoms. The number of alkyl halides is 3. The van der Waals surface area contributed by atoms with Gasteiger partial charge in [-0.15, -0.1) is 0 Å². The van der Waals surface area contributed by atoms with E-state index >= 15 is 0 Å². The molecule has 1 N–H and O–H groups in total. The zero-order valence-electron chi connectivity index (χ0n) is 20.9. The van der Waals surface area contributed by atoms with Gasteiger partial charge in [0.2, 0.25) is 5.88 Å². The molecule has 0 aliphatic heterocycles. The number of aromatic amines is 1. The van der Waals surface area contributed by atoms with Crippen molar-refractivity contribution < 1.29 is 26.7 Å². The Morgan fingerprint density at radius 1 is 1.03 bits per heavy atom. The van der Waals surface area contributed by atoms with E-state index in [9.17, 15) is 26.7 Å². The molecule has 39 heavy (non-hydrogen) atoms. The lowest BCUT2D eigenvalue weighted by Crippen LogP contribution is -2.12. The molecule has 0 radical (unpaired) electrons. The van der Waals surface area contributed by atoms with E-state index in [2.05, 4.69) is 25.0 Å². The van der Waals surface area contributed by atoms with Crippen molar-refractivity contribution in [1.29, 1.82) is 0 Å². The van der Waals surface area contributed by atoms with Crippen molar-refractivity contribution in [1.82, 2.24) is 29.7 Å². The van der Waals surface area contributed by atoms with Gasteiger partial charge in [0.05, 0.1) is 27.7 Å². The van der Waals surface area contributed by atoms with Gasteiger partial charge >= 0.3 is 6.18 Å². The van der Waals surface area contributed by atoms with E-state index in [0.717, 1.165) is 18.2 Å². The Kier molecular flexibility index (Phi) is 6.16. The maximum atomic E-state index is 14.2. The molecule has 0 fully saturated rings. The molecule has 5 aromatic rings. The maximum Gasteiger partial charge on any atom is 0.418 e. The van der Waals surface area contributed by atoms with Crippen LogP contribution in [0.4, 0.5) is 22.0 Å². The monoisotopic (exact) mass is 542 g/mol. The molecule has 1 aromatic carbocycles. The highest BCUT2D eigenvalue weighted by Gasteiger charge is 2.35. The van der Waals surface area contributed by atoms with E-state index in [4.69, 9.17) is 4.74 Å². The average Bonchev–Trinajstić information content (AvgIpc) is 3.20. The molecule has 5 rings (SSSR count). The van der Waals surface area contributed by atoms with Crippen LogP contribution in [0.5, 0.6) is 11.6 Å². The number of aryl methyl sites for hydroxylation is 2. The number of hydrogen-bond acceptors (Lipinski definition) is 6.